The highest BCUT2D eigenvalue weighted by Crippen LogP contribution is 2.49. The maximum absolute atomic E-state index is 11.9. The lowest BCUT2D eigenvalue weighted by Gasteiger charge is -2.32. The molecular formula is C15H16O2. The fraction of sp³-hybridized carbons (Fsp3) is 0.400. The Morgan fingerprint density at radius 3 is 2.65 bits per heavy atom. The number of hydrogen-bond acceptors (Lipinski definition) is 2. The third-order valence-electron chi connectivity index (χ3n) is 4.10. The molecule has 2 nitrogen and oxygen atoms in total. The molecule has 1 heterocycles. The van der Waals surface area contributed by atoms with E-state index in [1.54, 1.807) is 0 Å². The van der Waals surface area contributed by atoms with Crippen LogP contribution in [0.5, 0.6) is 0 Å². The van der Waals surface area contributed by atoms with Gasteiger partial charge < -0.3 is 4.74 Å². The molecule has 2 aliphatic rings. The highest BCUT2D eigenvalue weighted by molar-refractivity contribution is 5.77. The zero-order valence-corrected chi connectivity index (χ0v) is 9.93. The van der Waals surface area contributed by atoms with Crippen LogP contribution in [0.3, 0.4) is 0 Å². The van der Waals surface area contributed by atoms with Crippen LogP contribution in [0.1, 0.15) is 25.3 Å². The van der Waals surface area contributed by atoms with Crippen LogP contribution in [-0.2, 0) is 15.1 Å². The number of ether oxygens (including phenoxy) is 1. The Kier molecular flexibility index (Phi) is 2.32. The number of carbonyl (C=O) groups is 1. The monoisotopic (exact) mass is 228 g/mol. The molecule has 3 rings (SSSR count). The predicted octanol–water partition coefficient (Wildman–Crippen LogP) is 3.04. The van der Waals surface area contributed by atoms with Gasteiger partial charge in [0.1, 0.15) is 5.60 Å². The molecular weight excluding hydrogens is 212 g/mol. The topological polar surface area (TPSA) is 26.3 Å². The first-order chi connectivity index (χ1) is 8.22. The van der Waals surface area contributed by atoms with Gasteiger partial charge in [-0.25, -0.2) is 0 Å². The summed E-state index contributed by atoms with van der Waals surface area (Å²) in [5.74, 6) is 0.290. The van der Waals surface area contributed by atoms with E-state index in [2.05, 4.69) is 12.2 Å². The number of benzene rings is 1. The van der Waals surface area contributed by atoms with Crippen molar-refractivity contribution in [3.63, 3.8) is 0 Å². The van der Waals surface area contributed by atoms with Crippen molar-refractivity contribution in [3.05, 3.63) is 48.0 Å². The van der Waals surface area contributed by atoms with Crippen LogP contribution in [0, 0.1) is 11.8 Å². The molecule has 1 saturated heterocycles. The predicted molar refractivity (Wildman–Crippen MR) is 65.2 cm³/mol. The van der Waals surface area contributed by atoms with Crippen molar-refractivity contribution in [2.45, 2.75) is 25.4 Å². The van der Waals surface area contributed by atoms with E-state index in [1.165, 1.54) is 0 Å². The second-order valence-corrected chi connectivity index (χ2v) is 5.05. The maximum Gasteiger partial charge on any atom is 0.310 e. The zero-order chi connectivity index (χ0) is 11.9. The third kappa shape index (κ3) is 1.51. The van der Waals surface area contributed by atoms with E-state index in [9.17, 15) is 4.79 Å². The van der Waals surface area contributed by atoms with Crippen molar-refractivity contribution in [2.75, 3.05) is 0 Å². The minimum Gasteiger partial charge on any atom is -0.454 e. The molecule has 0 unspecified atom stereocenters. The lowest BCUT2D eigenvalue weighted by Crippen LogP contribution is -2.31. The first kappa shape index (κ1) is 10.6. The Morgan fingerprint density at radius 2 is 1.88 bits per heavy atom. The molecule has 0 amide bonds. The Balaban J connectivity index is 2.03. The molecule has 0 saturated carbocycles. The van der Waals surface area contributed by atoms with E-state index in [4.69, 9.17) is 4.74 Å². The van der Waals surface area contributed by atoms with Gasteiger partial charge in [-0.2, -0.15) is 0 Å². The Labute approximate surface area is 101 Å². The lowest BCUT2D eigenvalue weighted by molar-refractivity contribution is -0.150. The fourth-order valence-corrected chi connectivity index (χ4v) is 3.09. The van der Waals surface area contributed by atoms with Gasteiger partial charge in [0, 0.05) is 5.92 Å². The Morgan fingerprint density at radius 1 is 1.18 bits per heavy atom. The Hall–Kier alpha value is -1.57. The van der Waals surface area contributed by atoms with E-state index >= 15 is 0 Å². The molecule has 0 aromatic heterocycles. The third-order valence-corrected chi connectivity index (χ3v) is 4.10. The normalized spacial score (nSPS) is 35.5. The maximum atomic E-state index is 11.9. The zero-order valence-electron chi connectivity index (χ0n) is 9.93. The van der Waals surface area contributed by atoms with Gasteiger partial charge >= 0.3 is 5.97 Å². The van der Waals surface area contributed by atoms with Crippen molar-refractivity contribution >= 4 is 5.97 Å². The molecule has 0 radical (unpaired) electrons. The highest BCUT2D eigenvalue weighted by atomic mass is 16.6. The number of esters is 1. The van der Waals surface area contributed by atoms with Crippen molar-refractivity contribution in [1.82, 2.24) is 0 Å². The van der Waals surface area contributed by atoms with Crippen molar-refractivity contribution in [2.24, 2.45) is 11.8 Å². The van der Waals surface area contributed by atoms with Crippen LogP contribution in [0.4, 0.5) is 0 Å². The fourth-order valence-electron chi connectivity index (χ4n) is 3.09. The van der Waals surface area contributed by atoms with Crippen LogP contribution in [0.2, 0.25) is 0 Å². The van der Waals surface area contributed by atoms with Crippen molar-refractivity contribution in [1.29, 1.82) is 0 Å². The summed E-state index contributed by atoms with van der Waals surface area (Å²) in [5.41, 5.74) is 0.657. The Bertz CT molecular complexity index is 463. The van der Waals surface area contributed by atoms with E-state index in [1.807, 2.05) is 37.3 Å². The van der Waals surface area contributed by atoms with E-state index in [0.29, 0.717) is 0 Å². The second-order valence-electron chi connectivity index (χ2n) is 5.05. The summed E-state index contributed by atoms with van der Waals surface area (Å²) in [6.07, 6.45) is 6.03. The summed E-state index contributed by atoms with van der Waals surface area (Å²) in [5, 5.41) is 0. The molecule has 3 atom stereocenters. The SMILES string of the molecule is C[C@]1(c2ccccc2)OC(=O)[C@H]2CC=CC[C@@H]21. The number of fused-ring (bicyclic) bond motifs is 1. The smallest absolute Gasteiger partial charge is 0.310 e. The minimum absolute atomic E-state index is 0.0364. The first-order valence-corrected chi connectivity index (χ1v) is 6.15. The molecule has 0 N–H and O–H groups in total. The van der Waals surface area contributed by atoms with Gasteiger partial charge in [-0.05, 0) is 25.3 Å². The average Bonchev–Trinajstić information content (AvgIpc) is 2.65. The molecule has 2 heteroatoms. The van der Waals surface area contributed by atoms with Crippen LogP contribution in [-0.4, -0.2) is 5.97 Å². The van der Waals surface area contributed by atoms with E-state index in [0.717, 1.165) is 18.4 Å². The van der Waals surface area contributed by atoms with Crippen molar-refractivity contribution < 1.29 is 9.53 Å². The second kappa shape index (κ2) is 3.73. The number of rotatable bonds is 1. The lowest BCUT2D eigenvalue weighted by atomic mass is 9.73. The van der Waals surface area contributed by atoms with Gasteiger partial charge in [0.05, 0.1) is 5.92 Å². The number of allylic oxidation sites excluding steroid dienone is 2. The molecule has 0 bridgehead atoms. The molecule has 1 aromatic carbocycles. The van der Waals surface area contributed by atoms with Gasteiger partial charge in [0.15, 0.2) is 0 Å². The van der Waals surface area contributed by atoms with Crippen LogP contribution in [0.15, 0.2) is 42.5 Å². The van der Waals surface area contributed by atoms with Crippen LogP contribution >= 0.6 is 0 Å². The van der Waals surface area contributed by atoms with Gasteiger partial charge in [0.25, 0.3) is 0 Å². The highest BCUT2D eigenvalue weighted by Gasteiger charge is 2.53. The van der Waals surface area contributed by atoms with E-state index < -0.39 is 5.60 Å². The molecule has 88 valence electrons. The summed E-state index contributed by atoms with van der Waals surface area (Å²) in [4.78, 5) is 11.9. The average molecular weight is 228 g/mol. The molecule has 1 aliphatic heterocycles. The van der Waals surface area contributed by atoms with Crippen molar-refractivity contribution in [3.8, 4) is 0 Å². The van der Waals surface area contributed by atoms with Crippen LogP contribution in [0.25, 0.3) is 0 Å². The van der Waals surface area contributed by atoms with Crippen LogP contribution < -0.4 is 0 Å². The van der Waals surface area contributed by atoms with Gasteiger partial charge in [-0.3, -0.25) is 4.79 Å². The summed E-state index contributed by atoms with van der Waals surface area (Å²) >= 11 is 0. The van der Waals surface area contributed by atoms with Gasteiger partial charge in [-0.15, -0.1) is 0 Å². The molecule has 1 aromatic rings. The molecule has 17 heavy (non-hydrogen) atoms. The number of hydrogen-bond donors (Lipinski definition) is 0. The largest absolute Gasteiger partial charge is 0.454 e. The number of carbonyl (C=O) groups excluding carboxylic acids is 1. The summed E-state index contributed by atoms with van der Waals surface area (Å²) < 4.78 is 5.70. The van der Waals surface area contributed by atoms with Gasteiger partial charge in [-0.1, -0.05) is 42.5 Å². The molecule has 1 fully saturated rings. The summed E-state index contributed by atoms with van der Waals surface area (Å²) in [6.45, 7) is 2.05. The molecule has 0 spiro atoms. The first-order valence-electron chi connectivity index (χ1n) is 6.15. The minimum atomic E-state index is -0.451. The quantitative estimate of drug-likeness (QED) is 0.545. The number of cyclic esters (lactones) is 1. The summed E-state index contributed by atoms with van der Waals surface area (Å²) in [6, 6.07) is 10.1. The van der Waals surface area contributed by atoms with Gasteiger partial charge in [0.2, 0.25) is 0 Å². The standard InChI is InChI=1S/C15H16O2/c1-15(11-7-3-2-4-8-11)13-10-6-5-9-12(13)14(16)17-15/h2-8,12-13H,9-10H2,1H3/t12-,13-,15+/m0/s1. The van der Waals surface area contributed by atoms with E-state index in [-0.39, 0.29) is 17.8 Å². The summed E-state index contributed by atoms with van der Waals surface area (Å²) in [7, 11) is 0. The molecule has 1 aliphatic carbocycles.